The number of hydrogen-bond acceptors (Lipinski definition) is 7. The molecule has 2 heterocycles. The van der Waals surface area contributed by atoms with E-state index in [1.807, 2.05) is 24.4 Å². The van der Waals surface area contributed by atoms with Gasteiger partial charge in [-0.25, -0.2) is 0 Å². The van der Waals surface area contributed by atoms with Crippen LogP contribution in [0.3, 0.4) is 0 Å². The lowest BCUT2D eigenvalue weighted by Gasteiger charge is -2.18. The number of nitrogens with zero attached hydrogens (tertiary/aromatic N) is 4. The molecule has 0 N–H and O–H groups in total. The van der Waals surface area contributed by atoms with Crippen LogP contribution < -0.4 is 0 Å². The van der Waals surface area contributed by atoms with Crippen LogP contribution in [0.4, 0.5) is 5.69 Å². The number of nitro benzene ring substituents is 1. The molecular weight excluding hydrogens is 380 g/mol. The molecule has 3 aromatic rings. The molecule has 2 aromatic heterocycles. The highest BCUT2D eigenvalue weighted by Crippen LogP contribution is 2.23. The topological polar surface area (TPSA) is 102 Å². The van der Waals surface area contributed by atoms with Gasteiger partial charge in [0, 0.05) is 24.8 Å². The molecule has 0 atom stereocenters. The largest absolute Gasteiger partial charge is 0.418 e. The van der Waals surface area contributed by atoms with Crippen molar-refractivity contribution in [2.24, 2.45) is 0 Å². The molecule has 0 saturated carbocycles. The van der Waals surface area contributed by atoms with Crippen molar-refractivity contribution in [1.29, 1.82) is 0 Å². The van der Waals surface area contributed by atoms with Crippen molar-refractivity contribution in [1.82, 2.24) is 15.1 Å². The second kappa shape index (κ2) is 9.05. The summed E-state index contributed by atoms with van der Waals surface area (Å²) in [7, 11) is 0. The van der Waals surface area contributed by atoms with Crippen LogP contribution in [0, 0.1) is 10.1 Å². The van der Waals surface area contributed by atoms with Gasteiger partial charge in [-0.1, -0.05) is 25.1 Å². The van der Waals surface area contributed by atoms with Crippen LogP contribution >= 0.6 is 11.3 Å². The zero-order valence-electron chi connectivity index (χ0n) is 15.1. The Hall–Kier alpha value is -3.33. The number of aromatic nitrogens is 2. The van der Waals surface area contributed by atoms with Gasteiger partial charge in [-0.2, -0.15) is 0 Å². The molecule has 8 nitrogen and oxygen atoms in total. The lowest BCUT2D eigenvalue weighted by atomic mass is 10.2. The minimum absolute atomic E-state index is 0.0213. The van der Waals surface area contributed by atoms with E-state index in [0.29, 0.717) is 23.9 Å². The van der Waals surface area contributed by atoms with Crippen LogP contribution in [0.2, 0.25) is 0 Å². The third kappa shape index (κ3) is 4.89. The van der Waals surface area contributed by atoms with E-state index >= 15 is 0 Å². The number of benzene rings is 1. The van der Waals surface area contributed by atoms with Crippen molar-refractivity contribution in [2.75, 3.05) is 6.54 Å². The van der Waals surface area contributed by atoms with E-state index in [9.17, 15) is 14.9 Å². The van der Waals surface area contributed by atoms with Crippen molar-refractivity contribution < 1.29 is 14.1 Å². The van der Waals surface area contributed by atoms with Gasteiger partial charge in [-0.05, 0) is 29.5 Å². The first kappa shape index (κ1) is 19.4. The van der Waals surface area contributed by atoms with Gasteiger partial charge in [0.1, 0.15) is 0 Å². The molecule has 0 aliphatic heterocycles. The molecule has 0 unspecified atom stereocenters. The number of carbonyl (C=O) groups is 1. The fourth-order valence-electron chi connectivity index (χ4n) is 2.53. The Kier molecular flexibility index (Phi) is 6.28. The average molecular weight is 398 g/mol. The summed E-state index contributed by atoms with van der Waals surface area (Å²) >= 11 is 1.50. The highest BCUT2D eigenvalue weighted by Gasteiger charge is 2.16. The van der Waals surface area contributed by atoms with Gasteiger partial charge in [-0.15, -0.1) is 21.5 Å². The fraction of sp³-hybridized carbons (Fsp3) is 0.211. The smallest absolute Gasteiger partial charge is 0.270 e. The summed E-state index contributed by atoms with van der Waals surface area (Å²) in [6.07, 6.45) is 3.72. The molecule has 0 aliphatic rings. The van der Waals surface area contributed by atoms with Crippen LogP contribution in [0.15, 0.2) is 52.3 Å². The molecule has 28 heavy (non-hydrogen) atoms. The molecule has 0 bridgehead atoms. The van der Waals surface area contributed by atoms with Crippen LogP contribution in [-0.4, -0.2) is 32.5 Å². The molecule has 0 saturated heterocycles. The van der Waals surface area contributed by atoms with Gasteiger partial charge in [0.05, 0.1) is 16.3 Å². The van der Waals surface area contributed by atoms with E-state index in [4.69, 9.17) is 4.42 Å². The molecular formula is C19H18N4O4S. The maximum atomic E-state index is 12.6. The summed E-state index contributed by atoms with van der Waals surface area (Å²) in [4.78, 5) is 25.4. The third-order valence-electron chi connectivity index (χ3n) is 3.83. The summed E-state index contributed by atoms with van der Waals surface area (Å²) in [5.74, 6) is 0.555. The molecule has 3 rings (SSSR count). The summed E-state index contributed by atoms with van der Waals surface area (Å²) in [5, 5.41) is 20.8. The number of rotatable bonds is 8. The zero-order chi connectivity index (χ0) is 19.9. The van der Waals surface area contributed by atoms with Gasteiger partial charge in [0.15, 0.2) is 0 Å². The molecule has 0 aliphatic carbocycles. The second-order valence-electron chi connectivity index (χ2n) is 5.92. The Morgan fingerprint density at radius 3 is 2.89 bits per heavy atom. The van der Waals surface area contributed by atoms with Gasteiger partial charge >= 0.3 is 0 Å². The highest BCUT2D eigenvalue weighted by atomic mass is 32.1. The van der Waals surface area contributed by atoms with Crippen molar-refractivity contribution in [3.05, 3.63) is 69.4 Å². The monoisotopic (exact) mass is 398 g/mol. The Morgan fingerprint density at radius 1 is 1.32 bits per heavy atom. The van der Waals surface area contributed by atoms with E-state index in [1.54, 1.807) is 23.1 Å². The standard InChI is InChI=1S/C19H18N4O4S/c1-2-10-22(13-17-20-21-19(27-17)16-7-4-11-28-16)18(24)9-8-14-5-3-6-15(12-14)23(25)26/h3-9,11-12H,2,10,13H2,1H3/b9-8+. The highest BCUT2D eigenvalue weighted by molar-refractivity contribution is 7.13. The second-order valence-corrected chi connectivity index (χ2v) is 6.87. The molecule has 144 valence electrons. The van der Waals surface area contributed by atoms with Crippen molar-refractivity contribution >= 4 is 29.0 Å². The van der Waals surface area contributed by atoms with Crippen molar-refractivity contribution in [3.8, 4) is 10.8 Å². The van der Waals surface area contributed by atoms with Crippen molar-refractivity contribution in [3.63, 3.8) is 0 Å². The normalized spacial score (nSPS) is 11.0. The van der Waals surface area contributed by atoms with Crippen LogP contribution in [0.25, 0.3) is 16.8 Å². The van der Waals surface area contributed by atoms with E-state index in [-0.39, 0.29) is 18.1 Å². The summed E-state index contributed by atoms with van der Waals surface area (Å²) in [6, 6.07) is 9.89. The number of hydrogen-bond donors (Lipinski definition) is 0. The maximum absolute atomic E-state index is 12.6. The molecule has 9 heteroatoms. The molecule has 0 fully saturated rings. The SMILES string of the molecule is CCCN(Cc1nnc(-c2cccs2)o1)C(=O)/C=C/c1cccc([N+](=O)[O-])c1. The molecule has 1 aromatic carbocycles. The molecule has 1 amide bonds. The Morgan fingerprint density at radius 2 is 2.18 bits per heavy atom. The third-order valence-corrected chi connectivity index (χ3v) is 4.69. The maximum Gasteiger partial charge on any atom is 0.270 e. The van der Waals surface area contributed by atoms with Gasteiger partial charge in [0.2, 0.25) is 11.8 Å². The first-order valence-electron chi connectivity index (χ1n) is 8.64. The number of thiophene rings is 1. The van der Waals surface area contributed by atoms with E-state index in [2.05, 4.69) is 10.2 Å². The Bertz CT molecular complexity index is 982. The molecule has 0 radical (unpaired) electrons. The van der Waals surface area contributed by atoms with E-state index in [1.165, 1.54) is 29.5 Å². The number of carbonyl (C=O) groups excluding carboxylic acids is 1. The number of amides is 1. The number of nitro groups is 1. The first-order chi connectivity index (χ1) is 13.6. The number of non-ortho nitro benzene ring substituents is 1. The van der Waals surface area contributed by atoms with E-state index in [0.717, 1.165) is 11.3 Å². The van der Waals surface area contributed by atoms with Gasteiger partial charge < -0.3 is 9.32 Å². The van der Waals surface area contributed by atoms with E-state index < -0.39 is 4.92 Å². The summed E-state index contributed by atoms with van der Waals surface area (Å²) < 4.78 is 5.66. The molecule has 0 spiro atoms. The lowest BCUT2D eigenvalue weighted by Crippen LogP contribution is -2.29. The van der Waals surface area contributed by atoms with Crippen molar-refractivity contribution in [2.45, 2.75) is 19.9 Å². The summed E-state index contributed by atoms with van der Waals surface area (Å²) in [6.45, 7) is 2.69. The predicted molar refractivity (Wildman–Crippen MR) is 105 cm³/mol. The van der Waals surface area contributed by atoms with Gasteiger partial charge in [0.25, 0.3) is 11.6 Å². The first-order valence-corrected chi connectivity index (χ1v) is 9.52. The van der Waals surface area contributed by atoms with Gasteiger partial charge in [-0.3, -0.25) is 14.9 Å². The Labute approximate surface area is 165 Å². The predicted octanol–water partition coefficient (Wildman–Crippen LogP) is 4.16. The zero-order valence-corrected chi connectivity index (χ0v) is 16.0. The average Bonchev–Trinajstić information content (AvgIpc) is 3.37. The lowest BCUT2D eigenvalue weighted by molar-refractivity contribution is -0.384. The van der Waals surface area contributed by atoms with Crippen LogP contribution in [0.1, 0.15) is 24.8 Å². The quantitative estimate of drug-likeness (QED) is 0.321. The minimum Gasteiger partial charge on any atom is -0.418 e. The minimum atomic E-state index is -0.469. The van der Waals surface area contributed by atoms with Crippen LogP contribution in [0.5, 0.6) is 0 Å². The Balaban J connectivity index is 1.70. The fourth-order valence-corrected chi connectivity index (χ4v) is 3.18. The van der Waals surface area contributed by atoms with Crippen LogP contribution in [-0.2, 0) is 11.3 Å². The summed E-state index contributed by atoms with van der Waals surface area (Å²) in [5.41, 5.74) is 0.559.